The van der Waals surface area contributed by atoms with Crippen molar-refractivity contribution in [2.75, 3.05) is 5.75 Å². The van der Waals surface area contributed by atoms with Crippen molar-refractivity contribution < 1.29 is 28.5 Å². The van der Waals surface area contributed by atoms with E-state index in [1.54, 1.807) is 0 Å². The van der Waals surface area contributed by atoms with E-state index in [1.165, 1.54) is 18.9 Å². The van der Waals surface area contributed by atoms with E-state index in [4.69, 9.17) is 4.74 Å². The molecule has 6 atom stereocenters. The van der Waals surface area contributed by atoms with Crippen molar-refractivity contribution in [3.05, 3.63) is 12.1 Å². The fourth-order valence-electron chi connectivity index (χ4n) is 11.8. The molecule has 6 saturated carbocycles. The number of phenols is 3. The lowest BCUT2D eigenvalue weighted by Crippen LogP contribution is -2.79. The first kappa shape index (κ1) is 25.3. The van der Waals surface area contributed by atoms with E-state index in [1.807, 2.05) is 4.31 Å². The molecule has 6 fully saturated rings. The van der Waals surface area contributed by atoms with Gasteiger partial charge in [0.15, 0.2) is 23.0 Å². The van der Waals surface area contributed by atoms with Crippen LogP contribution < -0.4 is 4.74 Å². The lowest BCUT2D eigenvalue weighted by molar-refractivity contribution is -0.302. The molecule has 1 aromatic rings. The molecule has 1 aromatic carbocycles. The zero-order chi connectivity index (χ0) is 26.7. The van der Waals surface area contributed by atoms with Crippen LogP contribution in [0.25, 0.3) is 0 Å². The van der Waals surface area contributed by atoms with Gasteiger partial charge in [0.1, 0.15) is 6.10 Å². The lowest BCUT2D eigenvalue weighted by atomic mass is 9.31. The van der Waals surface area contributed by atoms with E-state index in [9.17, 15) is 23.7 Å². The molecule has 0 bridgehead atoms. The smallest absolute Gasteiger partial charge is 0.215 e. The van der Waals surface area contributed by atoms with Crippen LogP contribution in [0.4, 0.5) is 0 Å². The van der Waals surface area contributed by atoms with E-state index in [-0.39, 0.29) is 57.4 Å². The van der Waals surface area contributed by atoms with Gasteiger partial charge >= 0.3 is 0 Å². The average molecular weight is 546 g/mol. The second kappa shape index (κ2) is 7.96. The number of hydrogen-bond donors (Lipinski definition) is 3. The minimum Gasteiger partial charge on any atom is -0.504 e. The Kier molecular flexibility index (Phi) is 5.30. The van der Waals surface area contributed by atoms with Gasteiger partial charge in [-0.05, 0) is 61.7 Å². The predicted octanol–water partition coefficient (Wildman–Crippen LogP) is 5.67. The predicted molar refractivity (Wildman–Crippen MR) is 144 cm³/mol. The molecule has 38 heavy (non-hydrogen) atoms. The lowest BCUT2D eigenvalue weighted by Gasteiger charge is -2.75. The molecule has 0 aromatic heterocycles. The van der Waals surface area contributed by atoms with Crippen molar-refractivity contribution in [2.45, 2.75) is 116 Å². The Balaban J connectivity index is 1.26. The third-order valence-corrected chi connectivity index (χ3v) is 14.5. The molecular formula is C30H43NO6S. The molecule has 3 N–H and O–H groups in total. The molecular weight excluding hydrogens is 502 g/mol. The number of hydrogen-bond acceptors (Lipinski definition) is 6. The molecule has 7 nitrogen and oxygen atoms in total. The van der Waals surface area contributed by atoms with Gasteiger partial charge < -0.3 is 20.1 Å². The van der Waals surface area contributed by atoms with Gasteiger partial charge in [0.05, 0.1) is 5.75 Å². The van der Waals surface area contributed by atoms with Crippen LogP contribution in [0.15, 0.2) is 12.1 Å². The van der Waals surface area contributed by atoms with E-state index >= 15 is 0 Å². The Morgan fingerprint density at radius 3 is 2.00 bits per heavy atom. The number of benzene rings is 1. The van der Waals surface area contributed by atoms with Gasteiger partial charge in [0.2, 0.25) is 10.0 Å². The van der Waals surface area contributed by atoms with Crippen molar-refractivity contribution in [2.24, 2.45) is 27.6 Å². The highest BCUT2D eigenvalue weighted by molar-refractivity contribution is 7.89. The minimum atomic E-state index is -3.56. The monoisotopic (exact) mass is 545 g/mol. The maximum atomic E-state index is 14.7. The summed E-state index contributed by atoms with van der Waals surface area (Å²) < 4.78 is 37.9. The summed E-state index contributed by atoms with van der Waals surface area (Å²) in [5.74, 6) is -0.222. The van der Waals surface area contributed by atoms with Gasteiger partial charge in [-0.15, -0.1) is 0 Å². The van der Waals surface area contributed by atoms with E-state index in [0.29, 0.717) is 5.92 Å². The topological polar surface area (TPSA) is 107 Å². The Morgan fingerprint density at radius 2 is 1.42 bits per heavy atom. The van der Waals surface area contributed by atoms with Gasteiger partial charge in [-0.2, -0.15) is 4.31 Å². The summed E-state index contributed by atoms with van der Waals surface area (Å²) in [6, 6.07) is 2.57. The molecule has 0 aliphatic heterocycles. The first-order valence-corrected chi connectivity index (χ1v) is 16.6. The number of sulfonamides is 1. The molecule has 0 amide bonds. The van der Waals surface area contributed by atoms with Gasteiger partial charge in [0, 0.05) is 35.0 Å². The van der Waals surface area contributed by atoms with Gasteiger partial charge in [-0.3, -0.25) is 0 Å². The second-order valence-corrected chi connectivity index (χ2v) is 15.9. The number of aromatic hydroxyl groups is 3. The Hall–Kier alpha value is -1.67. The van der Waals surface area contributed by atoms with Crippen LogP contribution >= 0.6 is 0 Å². The Bertz CT molecular complexity index is 1240. The van der Waals surface area contributed by atoms with E-state index < -0.39 is 21.2 Å². The van der Waals surface area contributed by atoms with Crippen molar-refractivity contribution >= 4 is 10.0 Å². The van der Waals surface area contributed by atoms with Gasteiger partial charge in [-0.1, -0.05) is 52.4 Å². The van der Waals surface area contributed by atoms with Crippen LogP contribution in [0.3, 0.4) is 0 Å². The first-order chi connectivity index (χ1) is 18.0. The maximum absolute atomic E-state index is 14.7. The number of nitrogens with zero attached hydrogens (tertiary/aromatic N) is 1. The molecule has 6 aliphatic carbocycles. The van der Waals surface area contributed by atoms with Crippen molar-refractivity contribution in [1.29, 1.82) is 0 Å². The highest BCUT2D eigenvalue weighted by atomic mass is 32.2. The molecule has 1 spiro atoms. The SMILES string of the molecule is CC12CC3(C)C4CCC(CS(=O)(=O)N(C5CCCCC5)C5CCCCC5)(C1Oc1cc(O)c(O)cc1O)C423. The number of ether oxygens (including phenoxy) is 1. The fraction of sp³-hybridized carbons (Fsp3) is 0.800. The summed E-state index contributed by atoms with van der Waals surface area (Å²) in [5, 5.41) is 30.5. The summed E-state index contributed by atoms with van der Waals surface area (Å²) in [5.41, 5.74) is -0.502. The number of fused-ring (bicyclic) bond motifs is 1. The summed E-state index contributed by atoms with van der Waals surface area (Å²) in [7, 11) is -3.56. The molecule has 7 rings (SSSR count). The Morgan fingerprint density at radius 1 is 0.842 bits per heavy atom. The summed E-state index contributed by atoms with van der Waals surface area (Å²) in [4.78, 5) is 0. The summed E-state index contributed by atoms with van der Waals surface area (Å²) in [6.45, 7) is 4.59. The number of rotatable bonds is 7. The molecule has 6 aliphatic rings. The summed E-state index contributed by atoms with van der Waals surface area (Å²) >= 11 is 0. The van der Waals surface area contributed by atoms with Crippen LogP contribution in [-0.2, 0) is 10.0 Å². The third kappa shape index (κ3) is 2.87. The van der Waals surface area contributed by atoms with Gasteiger partial charge in [-0.25, -0.2) is 8.42 Å². The third-order valence-electron chi connectivity index (χ3n) is 12.4. The maximum Gasteiger partial charge on any atom is 0.215 e. The second-order valence-electron chi connectivity index (χ2n) is 14.0. The van der Waals surface area contributed by atoms with Crippen LogP contribution in [-0.4, -0.2) is 52.0 Å². The first-order valence-electron chi connectivity index (χ1n) is 14.9. The largest absolute Gasteiger partial charge is 0.504 e. The molecule has 6 unspecified atom stereocenters. The standard InChI is InChI=1S/C30H43NO6S/c1-27-17-28(2)26(37-24-16-22(33)21(32)15-23(24)34)29(14-13-25(27)30(27,28)29)18-38(35,36)31(19-9-5-3-6-10-19)20-11-7-4-8-12-20/h15-16,19-20,25-26,32-34H,3-14,17-18H2,1-2H3. The minimum absolute atomic E-state index is 0.0237. The van der Waals surface area contributed by atoms with Crippen LogP contribution in [0.2, 0.25) is 0 Å². The van der Waals surface area contributed by atoms with E-state index in [0.717, 1.165) is 76.7 Å². The molecule has 8 heteroatoms. The van der Waals surface area contributed by atoms with Crippen LogP contribution in [0.1, 0.15) is 97.3 Å². The van der Waals surface area contributed by atoms with Crippen molar-refractivity contribution in [3.8, 4) is 23.0 Å². The molecule has 210 valence electrons. The van der Waals surface area contributed by atoms with Gasteiger partial charge in [0.25, 0.3) is 0 Å². The highest BCUT2D eigenvalue weighted by Crippen LogP contribution is 3.05. The number of phenolic OH excluding ortho intramolecular Hbond substituents is 3. The molecule has 0 heterocycles. The highest BCUT2D eigenvalue weighted by Gasteiger charge is 3.05. The zero-order valence-electron chi connectivity index (χ0n) is 22.8. The fourth-order valence-corrected chi connectivity index (χ4v) is 14.4. The van der Waals surface area contributed by atoms with Crippen LogP contribution in [0, 0.1) is 27.6 Å². The average Bonchev–Trinajstić information content (AvgIpc) is 3.17. The van der Waals surface area contributed by atoms with E-state index in [2.05, 4.69) is 13.8 Å². The van der Waals surface area contributed by atoms with Crippen molar-refractivity contribution in [1.82, 2.24) is 4.31 Å². The molecule has 0 radical (unpaired) electrons. The van der Waals surface area contributed by atoms with Crippen LogP contribution in [0.5, 0.6) is 23.0 Å². The van der Waals surface area contributed by atoms with Crippen molar-refractivity contribution in [3.63, 3.8) is 0 Å². The summed E-state index contributed by atoms with van der Waals surface area (Å²) in [6.07, 6.45) is 13.1. The zero-order valence-corrected chi connectivity index (χ0v) is 23.6. The quantitative estimate of drug-likeness (QED) is 0.301. The molecule has 0 saturated heterocycles. The normalized spacial score (nSPS) is 42.2. The Labute approximate surface area is 226 Å².